The van der Waals surface area contributed by atoms with Gasteiger partial charge in [-0.2, -0.15) is 0 Å². The molecule has 0 saturated carbocycles. The molecule has 0 saturated heterocycles. The average molecular weight is 744 g/mol. The normalized spacial score (nSPS) is 12.9. The lowest BCUT2D eigenvalue weighted by atomic mass is 10.1. The van der Waals surface area contributed by atoms with Crippen LogP contribution in [0, 0.1) is 0 Å². The number of aromatic nitrogens is 2. The number of thiophene rings is 3. The van der Waals surface area contributed by atoms with Crippen LogP contribution in [0.1, 0.15) is 47.1 Å². The Morgan fingerprint density at radius 1 is 0.776 bits per heavy atom. The highest BCUT2D eigenvalue weighted by Gasteiger charge is 2.39. The van der Waals surface area contributed by atoms with Gasteiger partial charge in [0.1, 0.15) is 17.2 Å². The van der Waals surface area contributed by atoms with Crippen molar-refractivity contribution in [2.75, 3.05) is 5.32 Å². The summed E-state index contributed by atoms with van der Waals surface area (Å²) in [6, 6.07) is 20.3. The number of fused-ring (bicyclic) bond motifs is 3. The molecule has 4 aromatic heterocycles. The number of anilines is 1. The zero-order chi connectivity index (χ0) is 35.4. The van der Waals surface area contributed by atoms with Gasteiger partial charge in [0.2, 0.25) is 22.5 Å². The molecule has 0 bridgehead atoms. The van der Waals surface area contributed by atoms with E-state index in [4.69, 9.17) is 18.8 Å². The van der Waals surface area contributed by atoms with Crippen molar-refractivity contribution in [3.63, 3.8) is 0 Å². The Morgan fingerprint density at radius 3 is 1.96 bits per heavy atom. The molecule has 0 aliphatic heterocycles. The number of amides is 1. The molecule has 0 unspecified atom stereocenters. The van der Waals surface area contributed by atoms with Crippen molar-refractivity contribution in [3.05, 3.63) is 77.8 Å². The quantitative estimate of drug-likeness (QED) is 0.149. The maximum atomic E-state index is 13.4. The molecule has 1 N–H and O–H groups in total. The van der Waals surface area contributed by atoms with Gasteiger partial charge in [-0.1, -0.05) is 53.7 Å². The third kappa shape index (κ3) is 7.56. The van der Waals surface area contributed by atoms with E-state index in [1.807, 2.05) is 48.5 Å². The van der Waals surface area contributed by atoms with Crippen LogP contribution in [0.2, 0.25) is 36.3 Å². The zero-order valence-corrected chi connectivity index (χ0v) is 34.4. The molecule has 49 heavy (non-hydrogen) atoms. The van der Waals surface area contributed by atoms with Crippen molar-refractivity contribution >= 4 is 81.2 Å². The first-order valence-corrected chi connectivity index (χ1v) is 24.9. The van der Waals surface area contributed by atoms with Gasteiger partial charge in [-0.05, 0) is 95.7 Å². The molecule has 2 aromatic carbocycles. The highest BCUT2D eigenvalue weighted by molar-refractivity contribution is 7.39. The van der Waals surface area contributed by atoms with Gasteiger partial charge in [-0.15, -0.1) is 34.0 Å². The second-order valence-electron chi connectivity index (χ2n) is 15.6. The summed E-state index contributed by atoms with van der Waals surface area (Å²) in [5.41, 5.74) is 3.25. The Balaban J connectivity index is 1.26. The van der Waals surface area contributed by atoms with E-state index < -0.39 is 16.6 Å². The fourth-order valence-electron chi connectivity index (χ4n) is 4.80. The number of rotatable bonds is 9. The lowest BCUT2D eigenvalue weighted by molar-refractivity contribution is -0.115. The molecule has 6 rings (SSSR count). The van der Waals surface area contributed by atoms with E-state index in [1.54, 1.807) is 40.2 Å². The summed E-state index contributed by atoms with van der Waals surface area (Å²) in [6.07, 6.45) is 1.96. The molecule has 0 spiro atoms. The van der Waals surface area contributed by atoms with Crippen molar-refractivity contribution in [3.8, 4) is 33.3 Å². The van der Waals surface area contributed by atoms with E-state index in [0.717, 1.165) is 33.2 Å². The summed E-state index contributed by atoms with van der Waals surface area (Å²) in [7, 11) is -3.91. The fraction of sp³-hybridized carbons (Fsp3) is 0.342. The van der Waals surface area contributed by atoms with Crippen LogP contribution < -0.4 is 14.2 Å². The Kier molecular flexibility index (Phi) is 9.46. The highest BCUT2D eigenvalue weighted by Crippen LogP contribution is 2.46. The van der Waals surface area contributed by atoms with Gasteiger partial charge in [-0.25, -0.2) is 9.97 Å². The molecule has 11 heteroatoms. The van der Waals surface area contributed by atoms with Gasteiger partial charge < -0.3 is 14.2 Å². The number of hydrogen-bond acceptors (Lipinski definition) is 8. The molecule has 6 nitrogen and oxygen atoms in total. The minimum atomic E-state index is -1.96. The molecule has 1 amide bonds. The van der Waals surface area contributed by atoms with E-state index >= 15 is 0 Å². The van der Waals surface area contributed by atoms with Gasteiger partial charge in [0.15, 0.2) is 5.82 Å². The van der Waals surface area contributed by atoms with Crippen molar-refractivity contribution in [2.45, 2.75) is 84.2 Å². The van der Waals surface area contributed by atoms with Gasteiger partial charge in [0, 0.05) is 15.0 Å². The number of nitrogens with one attached hydrogen (secondary N) is 1. The van der Waals surface area contributed by atoms with Crippen molar-refractivity contribution in [2.24, 2.45) is 0 Å². The van der Waals surface area contributed by atoms with Crippen LogP contribution in [-0.2, 0) is 11.2 Å². The van der Waals surface area contributed by atoms with Crippen LogP contribution in [0.15, 0.2) is 72.2 Å². The predicted molar refractivity (Wildman–Crippen MR) is 216 cm³/mol. The Hall–Kier alpha value is -3.36. The smallest absolute Gasteiger partial charge is 0.250 e. The summed E-state index contributed by atoms with van der Waals surface area (Å²) in [6.45, 7) is 22.4. The van der Waals surface area contributed by atoms with Crippen LogP contribution in [0.4, 0.5) is 5.82 Å². The van der Waals surface area contributed by atoms with Crippen LogP contribution in [0.5, 0.6) is 11.5 Å². The third-order valence-electron chi connectivity index (χ3n) is 9.81. The van der Waals surface area contributed by atoms with E-state index in [0.29, 0.717) is 11.5 Å². The first-order chi connectivity index (χ1) is 22.9. The molecule has 0 radical (unpaired) electrons. The summed E-state index contributed by atoms with van der Waals surface area (Å²) in [5, 5.41) is 5.44. The Morgan fingerprint density at radius 2 is 1.37 bits per heavy atom. The molecule has 0 aliphatic rings. The predicted octanol–water partition coefficient (Wildman–Crippen LogP) is 12.3. The molecule has 0 atom stereocenters. The molecule has 4 heterocycles. The maximum absolute atomic E-state index is 13.4. The fourth-order valence-corrected chi connectivity index (χ4v) is 10.6. The van der Waals surface area contributed by atoms with Crippen LogP contribution in [0.25, 0.3) is 40.6 Å². The lowest BCUT2D eigenvalue weighted by Gasteiger charge is -2.36. The molecular formula is C38H45N3O3S3Si2. The van der Waals surface area contributed by atoms with Crippen LogP contribution >= 0.6 is 34.0 Å². The van der Waals surface area contributed by atoms with Crippen LogP contribution in [-0.4, -0.2) is 32.5 Å². The number of carbonyl (C=O) groups is 1. The minimum Gasteiger partial charge on any atom is -0.544 e. The van der Waals surface area contributed by atoms with Gasteiger partial charge in [0.25, 0.3) is 0 Å². The second kappa shape index (κ2) is 13.1. The van der Waals surface area contributed by atoms with Crippen LogP contribution in [0.3, 0.4) is 0 Å². The zero-order valence-electron chi connectivity index (χ0n) is 30.0. The third-order valence-corrected chi connectivity index (χ3v) is 22.1. The Labute approximate surface area is 303 Å². The van der Waals surface area contributed by atoms with E-state index in [1.165, 1.54) is 18.8 Å². The first-order valence-electron chi connectivity index (χ1n) is 16.5. The SMILES string of the molecule is CC(C)(C)[Si](C)(C)Oc1ccc(CC(=O)Nc2ncc(-c3ccc(O[Si](C)(C)C(C)(C)C)cc3)nc2-c2cc3sc4ccsc4c3s2)cc1. The van der Waals surface area contributed by atoms with Gasteiger partial charge >= 0.3 is 0 Å². The number of carbonyl (C=O) groups excluding carboxylic acids is 1. The highest BCUT2D eigenvalue weighted by atomic mass is 32.1. The van der Waals surface area contributed by atoms with Crippen molar-refractivity contribution < 1.29 is 13.6 Å². The summed E-state index contributed by atoms with van der Waals surface area (Å²) < 4.78 is 18.0. The van der Waals surface area contributed by atoms with Gasteiger partial charge in [-0.3, -0.25) is 4.79 Å². The molecule has 6 aromatic rings. The maximum Gasteiger partial charge on any atom is 0.250 e. The topological polar surface area (TPSA) is 73.3 Å². The molecule has 256 valence electrons. The van der Waals surface area contributed by atoms with Crippen molar-refractivity contribution in [1.29, 1.82) is 0 Å². The number of benzene rings is 2. The van der Waals surface area contributed by atoms with E-state index in [2.05, 4.69) is 90.6 Å². The summed E-state index contributed by atoms with van der Waals surface area (Å²) in [4.78, 5) is 24.3. The lowest BCUT2D eigenvalue weighted by Crippen LogP contribution is -2.43. The molecule has 0 aliphatic carbocycles. The summed E-state index contributed by atoms with van der Waals surface area (Å²) in [5.74, 6) is 2.02. The standard InChI is InChI=1S/C38H45N3O3S3Si2/c1-37(2,3)48(7,8)43-26-15-11-24(12-16-26)21-32(42)41-36-33(30-22-31-35(47-30)34-29(46-31)19-20-45-34)40-28(23-39-36)25-13-17-27(18-14-25)44-49(9,10)38(4,5)6/h11-20,22-23H,21H2,1-10H3,(H,39,41,42). The minimum absolute atomic E-state index is 0.107. The number of hydrogen-bond donors (Lipinski definition) is 1. The monoisotopic (exact) mass is 743 g/mol. The van der Waals surface area contributed by atoms with Gasteiger partial charge in [0.05, 0.1) is 32.6 Å². The first kappa shape index (κ1) is 35.5. The second-order valence-corrected chi connectivity index (χ2v) is 28.1. The Bertz CT molecular complexity index is 2120. The van der Waals surface area contributed by atoms with E-state index in [9.17, 15) is 4.79 Å². The number of nitrogens with zero attached hydrogens (tertiary/aromatic N) is 2. The molecular weight excluding hydrogens is 699 g/mol. The van der Waals surface area contributed by atoms with E-state index in [-0.39, 0.29) is 22.4 Å². The largest absolute Gasteiger partial charge is 0.544 e. The van der Waals surface area contributed by atoms with Crippen molar-refractivity contribution in [1.82, 2.24) is 9.97 Å². The summed E-state index contributed by atoms with van der Waals surface area (Å²) >= 11 is 5.24. The molecule has 0 fully saturated rings. The average Bonchev–Trinajstić information content (AvgIpc) is 3.71.